The van der Waals surface area contributed by atoms with E-state index < -0.39 is 21.9 Å². The zero-order chi connectivity index (χ0) is 44.7. The normalized spacial score (nSPS) is 15.6. The van der Waals surface area contributed by atoms with Crippen LogP contribution in [0.1, 0.15) is 44.5 Å². The van der Waals surface area contributed by atoms with E-state index in [2.05, 4.69) is 302 Å². The molecule has 1 heteroatoms. The van der Waals surface area contributed by atoms with Crippen LogP contribution >= 0.6 is 0 Å². The molecule has 1 aliphatic heterocycles. The van der Waals surface area contributed by atoms with E-state index in [-0.39, 0.29) is 0 Å². The molecule has 11 aromatic rings. The maximum absolute atomic E-state index is 2.97. The van der Waals surface area contributed by atoms with Crippen molar-refractivity contribution in [1.82, 2.24) is 0 Å². The maximum atomic E-state index is 2.97. The van der Waals surface area contributed by atoms with Gasteiger partial charge in [0.05, 0.1) is 16.5 Å². The molecule has 0 amide bonds. The van der Waals surface area contributed by atoms with Gasteiger partial charge in [-0.2, -0.15) is 0 Å². The van der Waals surface area contributed by atoms with E-state index in [1.54, 1.807) is 0 Å². The number of fused-ring (bicyclic) bond motifs is 2. The van der Waals surface area contributed by atoms with Gasteiger partial charge in [0, 0.05) is 10.8 Å². The summed E-state index contributed by atoms with van der Waals surface area (Å²) in [4.78, 5) is 2.97. The number of anilines is 1. The first kappa shape index (κ1) is 40.3. The van der Waals surface area contributed by atoms with Crippen molar-refractivity contribution in [2.24, 2.45) is 0 Å². The Labute approximate surface area is 393 Å². The molecular formula is C66H49N. The topological polar surface area (TPSA) is 3.24 Å². The van der Waals surface area contributed by atoms with Gasteiger partial charge in [-0.15, -0.1) is 0 Å². The molecule has 1 nitrogen and oxygen atoms in total. The Morgan fingerprint density at radius 2 is 0.418 bits per heavy atom. The first-order valence-corrected chi connectivity index (χ1v) is 23.4. The van der Waals surface area contributed by atoms with Crippen LogP contribution in [0.4, 0.5) is 5.69 Å². The van der Waals surface area contributed by atoms with Crippen molar-refractivity contribution in [3.05, 3.63) is 342 Å². The van der Waals surface area contributed by atoms with E-state index >= 15 is 0 Å². The average Bonchev–Trinajstić information content (AvgIpc) is 3.65. The Bertz CT molecular complexity index is 3040. The molecule has 0 radical (unpaired) electrons. The second kappa shape index (κ2) is 16.3. The highest BCUT2D eigenvalue weighted by Crippen LogP contribution is 2.80. The molecule has 0 unspecified atom stereocenters. The van der Waals surface area contributed by atoms with Crippen LogP contribution in [-0.4, -0.2) is 0 Å². The number of benzene rings is 11. The third-order valence-corrected chi connectivity index (χ3v) is 14.9. The molecule has 1 fully saturated rings. The molecule has 0 N–H and O–H groups in total. The first-order chi connectivity index (χ1) is 33.3. The summed E-state index contributed by atoms with van der Waals surface area (Å²) in [6.07, 6.45) is 0. The predicted octanol–water partition coefficient (Wildman–Crippen LogP) is 15.7. The van der Waals surface area contributed by atoms with Gasteiger partial charge in [0.15, 0.2) is 0 Å². The van der Waals surface area contributed by atoms with Crippen molar-refractivity contribution < 1.29 is 0 Å². The summed E-state index contributed by atoms with van der Waals surface area (Å²) in [5, 5.41) is 4.73. The second-order valence-corrected chi connectivity index (χ2v) is 17.9. The molecule has 67 heavy (non-hydrogen) atoms. The summed E-state index contributed by atoms with van der Waals surface area (Å²) in [6.45, 7) is 0. The molecule has 0 spiro atoms. The number of hydrogen-bond donors (Lipinski definition) is 0. The minimum atomic E-state index is -1.07. The lowest BCUT2D eigenvalue weighted by atomic mass is 9.41. The van der Waals surface area contributed by atoms with Gasteiger partial charge >= 0.3 is 0 Å². The van der Waals surface area contributed by atoms with Crippen molar-refractivity contribution in [3.8, 4) is 0 Å². The molecule has 1 aliphatic rings. The van der Waals surface area contributed by atoms with E-state index in [9.17, 15) is 0 Å². The lowest BCUT2D eigenvalue weighted by molar-refractivity contribution is 0.245. The SMILES string of the molecule is c1ccc(C2(c3ccccc3)N(c3c4ccccc4cc4ccccc34)C(c3ccccc3)(c3ccccc3)C(c3ccccc3)(c3ccccc3)C2(c2ccccc2)c2ccccc2)cc1. The Morgan fingerprint density at radius 3 is 0.672 bits per heavy atom. The average molecular weight is 856 g/mol. The van der Waals surface area contributed by atoms with Crippen LogP contribution in [0.3, 0.4) is 0 Å². The standard InChI is InChI=1S/C66H49N/c1-9-31-52(32-10-1)63(53-33-11-2-12-34-53)64(54-35-13-3-14-36-54,55-37-15-4-16-38-55)66(58-43-21-7-22-44-58,59-45-23-8-24-46-59)67(65(63,56-39-17-5-18-40-56)57-41-19-6-20-42-57)62-60-47-27-25-29-50(60)49-51-30-26-28-48-61(51)62/h1-49H. The monoisotopic (exact) mass is 855 g/mol. The van der Waals surface area contributed by atoms with Crippen LogP contribution in [-0.2, 0) is 21.9 Å². The van der Waals surface area contributed by atoms with E-state index in [1.165, 1.54) is 71.7 Å². The van der Waals surface area contributed by atoms with Crippen molar-refractivity contribution >= 4 is 27.2 Å². The van der Waals surface area contributed by atoms with Crippen molar-refractivity contribution in [3.63, 3.8) is 0 Å². The van der Waals surface area contributed by atoms with Gasteiger partial charge in [0.25, 0.3) is 0 Å². The summed E-state index contributed by atoms with van der Waals surface area (Å²) >= 11 is 0. The molecule has 318 valence electrons. The predicted molar refractivity (Wildman–Crippen MR) is 279 cm³/mol. The second-order valence-electron chi connectivity index (χ2n) is 17.9. The minimum absolute atomic E-state index is 1.02. The van der Waals surface area contributed by atoms with Gasteiger partial charge in [-0.05, 0) is 61.3 Å². The number of nitrogens with zero attached hydrogens (tertiary/aromatic N) is 1. The Balaban J connectivity index is 1.55. The van der Waals surface area contributed by atoms with Gasteiger partial charge in [-0.1, -0.05) is 291 Å². The van der Waals surface area contributed by atoms with Gasteiger partial charge in [0.2, 0.25) is 0 Å². The fourth-order valence-corrected chi connectivity index (χ4v) is 12.9. The molecule has 11 aromatic carbocycles. The number of rotatable bonds is 9. The van der Waals surface area contributed by atoms with Crippen LogP contribution in [0.15, 0.2) is 297 Å². The molecular weight excluding hydrogens is 807 g/mol. The molecule has 0 saturated carbocycles. The summed E-state index contributed by atoms with van der Waals surface area (Å²) in [5.74, 6) is 0. The Morgan fingerprint density at radius 1 is 0.209 bits per heavy atom. The molecule has 1 heterocycles. The highest BCUT2D eigenvalue weighted by atomic mass is 15.4. The maximum Gasteiger partial charge on any atom is 0.107 e. The largest absolute Gasteiger partial charge is 0.340 e. The van der Waals surface area contributed by atoms with Crippen molar-refractivity contribution in [2.45, 2.75) is 21.9 Å². The van der Waals surface area contributed by atoms with Gasteiger partial charge in [-0.3, -0.25) is 0 Å². The van der Waals surface area contributed by atoms with Crippen LogP contribution in [0.5, 0.6) is 0 Å². The van der Waals surface area contributed by atoms with Gasteiger partial charge < -0.3 is 4.90 Å². The highest BCUT2D eigenvalue weighted by Gasteiger charge is 2.84. The summed E-state index contributed by atoms with van der Waals surface area (Å²) in [5.41, 5.74) is 6.50. The molecule has 12 rings (SSSR count). The first-order valence-electron chi connectivity index (χ1n) is 23.4. The van der Waals surface area contributed by atoms with Crippen LogP contribution in [0.2, 0.25) is 0 Å². The van der Waals surface area contributed by atoms with Crippen molar-refractivity contribution in [2.75, 3.05) is 4.90 Å². The zero-order valence-electron chi connectivity index (χ0n) is 37.2. The third-order valence-electron chi connectivity index (χ3n) is 14.9. The lowest BCUT2D eigenvalue weighted by Gasteiger charge is -2.57. The molecule has 0 aliphatic carbocycles. The summed E-state index contributed by atoms with van der Waals surface area (Å²) < 4.78 is 0. The molecule has 1 saturated heterocycles. The Hall–Kier alpha value is -8.26. The number of hydrogen-bond acceptors (Lipinski definition) is 1. The van der Waals surface area contributed by atoms with E-state index in [4.69, 9.17) is 0 Å². The van der Waals surface area contributed by atoms with E-state index in [0.29, 0.717) is 0 Å². The molecule has 0 atom stereocenters. The fraction of sp³-hybridized carbons (Fsp3) is 0.0606. The smallest absolute Gasteiger partial charge is 0.107 e. The van der Waals surface area contributed by atoms with Crippen molar-refractivity contribution in [1.29, 1.82) is 0 Å². The quantitative estimate of drug-likeness (QED) is 0.131. The van der Waals surface area contributed by atoms with Crippen LogP contribution in [0, 0.1) is 0 Å². The molecule has 0 aromatic heterocycles. The summed E-state index contributed by atoms with van der Waals surface area (Å²) in [7, 11) is 0. The van der Waals surface area contributed by atoms with Crippen LogP contribution < -0.4 is 4.90 Å². The fourth-order valence-electron chi connectivity index (χ4n) is 12.9. The molecule has 0 bridgehead atoms. The van der Waals surface area contributed by atoms with E-state index in [1.807, 2.05) is 0 Å². The summed E-state index contributed by atoms with van der Waals surface area (Å²) in [6, 6.07) is 112. The highest BCUT2D eigenvalue weighted by molar-refractivity contribution is 6.13. The van der Waals surface area contributed by atoms with Gasteiger partial charge in [-0.25, -0.2) is 0 Å². The van der Waals surface area contributed by atoms with Crippen LogP contribution in [0.25, 0.3) is 21.5 Å². The Kier molecular flexibility index (Phi) is 9.81. The van der Waals surface area contributed by atoms with Gasteiger partial charge in [0.1, 0.15) is 11.1 Å². The third kappa shape index (κ3) is 5.49. The lowest BCUT2D eigenvalue weighted by Crippen LogP contribution is -2.62. The van der Waals surface area contributed by atoms with E-state index in [0.717, 1.165) is 0 Å². The minimum Gasteiger partial charge on any atom is -0.340 e. The zero-order valence-corrected chi connectivity index (χ0v) is 37.2.